The van der Waals surface area contributed by atoms with Crippen molar-refractivity contribution in [3.05, 3.63) is 36.3 Å². The fraction of sp³-hybridized carbons (Fsp3) is 0.450. The van der Waals surface area contributed by atoms with Gasteiger partial charge in [0.2, 0.25) is 5.95 Å². The van der Waals surface area contributed by atoms with Crippen LogP contribution in [0.1, 0.15) is 25.6 Å². The zero-order chi connectivity index (χ0) is 20.2. The molecule has 1 aliphatic carbocycles. The fourth-order valence-corrected chi connectivity index (χ4v) is 5.34. The van der Waals surface area contributed by atoms with Gasteiger partial charge in [-0.1, -0.05) is 12.1 Å². The number of H-pyrrole nitrogens is 1. The van der Waals surface area contributed by atoms with E-state index in [1.807, 2.05) is 30.5 Å². The van der Waals surface area contributed by atoms with E-state index in [0.29, 0.717) is 50.2 Å². The summed E-state index contributed by atoms with van der Waals surface area (Å²) in [5, 5.41) is 1.03. The molecule has 1 unspecified atom stereocenters. The largest absolute Gasteiger partial charge is 0.377 e. The summed E-state index contributed by atoms with van der Waals surface area (Å²) in [6, 6.07) is 8.11. The maximum Gasteiger partial charge on any atom is 0.229 e. The highest BCUT2D eigenvalue weighted by molar-refractivity contribution is 7.92. The summed E-state index contributed by atoms with van der Waals surface area (Å²) >= 11 is 0. The first-order chi connectivity index (χ1) is 13.9. The Labute approximate surface area is 169 Å². The fourth-order valence-electron chi connectivity index (χ4n) is 4.02. The number of ether oxygens (including phenoxy) is 1. The average molecular weight is 413 g/mol. The molecule has 1 aliphatic heterocycles. The van der Waals surface area contributed by atoms with E-state index in [-0.39, 0.29) is 6.04 Å². The third-order valence-corrected chi connectivity index (χ3v) is 8.02. The van der Waals surface area contributed by atoms with Gasteiger partial charge >= 0.3 is 0 Å². The van der Waals surface area contributed by atoms with Crippen molar-refractivity contribution in [3.8, 4) is 11.4 Å². The molecule has 2 N–H and O–H groups in total. The molecular weight excluding hydrogens is 388 g/mol. The number of morpholine rings is 1. The van der Waals surface area contributed by atoms with Gasteiger partial charge < -0.3 is 14.6 Å². The van der Waals surface area contributed by atoms with Crippen LogP contribution in [-0.2, 0) is 19.2 Å². The molecule has 2 atom stereocenters. The van der Waals surface area contributed by atoms with Gasteiger partial charge in [0.25, 0.3) is 0 Å². The van der Waals surface area contributed by atoms with Gasteiger partial charge in [0.15, 0.2) is 11.6 Å². The number of aromatic amines is 1. The van der Waals surface area contributed by atoms with E-state index in [0.717, 1.165) is 16.5 Å². The number of nitrogens with zero attached hydrogens (tertiary/aromatic N) is 4. The van der Waals surface area contributed by atoms with Crippen LogP contribution in [-0.4, -0.2) is 56.2 Å². The summed E-state index contributed by atoms with van der Waals surface area (Å²) < 4.78 is 25.8. The molecule has 2 aromatic heterocycles. The van der Waals surface area contributed by atoms with Crippen LogP contribution in [0, 0.1) is 4.78 Å². The molecule has 1 saturated heterocycles. The number of fused-ring (bicyclic) bond motifs is 1. The third-order valence-electron chi connectivity index (χ3n) is 5.94. The highest BCUT2D eigenvalue weighted by Crippen LogP contribution is 2.51. The summed E-state index contributed by atoms with van der Waals surface area (Å²) in [5.41, 5.74) is 1.91. The molecular formula is C20H24N6O2S. The number of rotatable bonds is 4. The SMILES string of the molecule is C[C@@H]1COCCN1c1nc(-c2cccc3[nH]ccc23)nc(C2(S(C)(=N)=O)CC2)n1. The topological polar surface area (TPSA) is 108 Å². The van der Waals surface area contributed by atoms with Crippen LogP contribution in [0.4, 0.5) is 5.95 Å². The van der Waals surface area contributed by atoms with Crippen LogP contribution in [0.25, 0.3) is 22.3 Å². The predicted molar refractivity (Wildman–Crippen MR) is 112 cm³/mol. The van der Waals surface area contributed by atoms with Crippen molar-refractivity contribution < 1.29 is 8.95 Å². The summed E-state index contributed by atoms with van der Waals surface area (Å²) in [5.74, 6) is 1.61. The Morgan fingerprint density at radius 1 is 1.28 bits per heavy atom. The number of anilines is 1. The van der Waals surface area contributed by atoms with Crippen LogP contribution in [0.3, 0.4) is 0 Å². The van der Waals surface area contributed by atoms with Crippen LogP contribution in [0.15, 0.2) is 30.5 Å². The van der Waals surface area contributed by atoms with E-state index in [1.165, 1.54) is 6.26 Å². The molecule has 9 heteroatoms. The Hall–Kier alpha value is -2.52. The summed E-state index contributed by atoms with van der Waals surface area (Å²) in [7, 11) is -2.84. The van der Waals surface area contributed by atoms with Crippen molar-refractivity contribution in [2.24, 2.45) is 0 Å². The molecule has 5 rings (SSSR count). The lowest BCUT2D eigenvalue weighted by atomic mass is 10.1. The standard InChI is InChI=1S/C20H24N6O2S/c1-13-12-28-11-10-26(13)19-24-17(15-4-3-5-16-14(15)6-9-22-16)23-18(25-19)20(7-8-20)29(2,21)27/h3-6,9,13,21-22H,7-8,10-12H2,1-2H3/t13-,29?/m1/s1. The lowest BCUT2D eigenvalue weighted by Gasteiger charge is -2.33. The van der Waals surface area contributed by atoms with E-state index < -0.39 is 14.5 Å². The molecule has 3 aromatic rings. The molecule has 0 radical (unpaired) electrons. The zero-order valence-corrected chi connectivity index (χ0v) is 17.3. The quantitative estimate of drug-likeness (QED) is 0.682. The van der Waals surface area contributed by atoms with Crippen LogP contribution in [0.5, 0.6) is 0 Å². The van der Waals surface area contributed by atoms with Crippen molar-refractivity contribution in [1.82, 2.24) is 19.9 Å². The molecule has 0 amide bonds. The highest BCUT2D eigenvalue weighted by Gasteiger charge is 2.54. The molecule has 0 bridgehead atoms. The van der Waals surface area contributed by atoms with Crippen LogP contribution < -0.4 is 4.90 Å². The first-order valence-corrected chi connectivity index (χ1v) is 11.8. The van der Waals surface area contributed by atoms with Crippen LogP contribution >= 0.6 is 0 Å². The minimum Gasteiger partial charge on any atom is -0.377 e. The molecule has 2 fully saturated rings. The molecule has 8 nitrogen and oxygen atoms in total. The van der Waals surface area contributed by atoms with E-state index in [9.17, 15) is 4.21 Å². The average Bonchev–Trinajstić information content (AvgIpc) is 3.39. The normalized spacial score (nSPS) is 23.1. The van der Waals surface area contributed by atoms with Gasteiger partial charge in [0, 0.05) is 35.5 Å². The Balaban J connectivity index is 1.72. The minimum atomic E-state index is -2.84. The Morgan fingerprint density at radius 3 is 2.83 bits per heavy atom. The number of nitrogens with one attached hydrogen (secondary N) is 2. The molecule has 1 aromatic carbocycles. The molecule has 152 valence electrons. The smallest absolute Gasteiger partial charge is 0.229 e. The molecule has 2 aliphatic rings. The highest BCUT2D eigenvalue weighted by atomic mass is 32.2. The third kappa shape index (κ3) is 3.00. The van der Waals surface area contributed by atoms with E-state index in [2.05, 4.69) is 16.8 Å². The van der Waals surface area contributed by atoms with Gasteiger partial charge in [0.05, 0.1) is 29.0 Å². The van der Waals surface area contributed by atoms with Crippen molar-refractivity contribution in [2.45, 2.75) is 30.6 Å². The van der Waals surface area contributed by atoms with Gasteiger partial charge in [-0.05, 0) is 31.9 Å². The second-order valence-corrected chi connectivity index (χ2v) is 10.5. The van der Waals surface area contributed by atoms with Gasteiger partial charge in [-0.3, -0.25) is 4.78 Å². The molecule has 29 heavy (non-hydrogen) atoms. The predicted octanol–water partition coefficient (Wildman–Crippen LogP) is 2.91. The molecule has 3 heterocycles. The summed E-state index contributed by atoms with van der Waals surface area (Å²) in [6.45, 7) is 3.99. The number of benzene rings is 1. The number of aromatic nitrogens is 4. The first-order valence-electron chi connectivity index (χ1n) is 9.80. The zero-order valence-electron chi connectivity index (χ0n) is 16.5. The van der Waals surface area contributed by atoms with Crippen molar-refractivity contribution >= 4 is 26.6 Å². The Morgan fingerprint density at radius 2 is 2.10 bits per heavy atom. The van der Waals surface area contributed by atoms with E-state index in [4.69, 9.17) is 24.5 Å². The van der Waals surface area contributed by atoms with Crippen molar-refractivity contribution in [3.63, 3.8) is 0 Å². The lowest BCUT2D eigenvalue weighted by Crippen LogP contribution is -2.45. The first kappa shape index (κ1) is 18.5. The van der Waals surface area contributed by atoms with E-state index >= 15 is 0 Å². The van der Waals surface area contributed by atoms with Gasteiger partial charge in [-0.25, -0.2) is 9.19 Å². The van der Waals surface area contributed by atoms with Gasteiger partial charge in [-0.2, -0.15) is 9.97 Å². The number of hydrogen-bond donors (Lipinski definition) is 2. The monoisotopic (exact) mass is 412 g/mol. The maximum atomic E-state index is 12.8. The summed E-state index contributed by atoms with van der Waals surface area (Å²) in [6.07, 6.45) is 4.73. The minimum absolute atomic E-state index is 0.132. The molecule has 1 saturated carbocycles. The second-order valence-electron chi connectivity index (χ2n) is 7.98. The van der Waals surface area contributed by atoms with E-state index in [1.54, 1.807) is 0 Å². The van der Waals surface area contributed by atoms with Crippen molar-refractivity contribution in [2.75, 3.05) is 30.9 Å². The maximum absolute atomic E-state index is 12.8. The number of hydrogen-bond acceptors (Lipinski definition) is 7. The van der Waals surface area contributed by atoms with Gasteiger partial charge in [0.1, 0.15) is 4.75 Å². The Kier molecular flexibility index (Phi) is 4.15. The Bertz CT molecular complexity index is 1180. The molecule has 0 spiro atoms. The van der Waals surface area contributed by atoms with Crippen molar-refractivity contribution in [1.29, 1.82) is 4.78 Å². The van der Waals surface area contributed by atoms with Gasteiger partial charge in [-0.15, -0.1) is 0 Å². The second kappa shape index (κ2) is 6.50. The summed E-state index contributed by atoms with van der Waals surface area (Å²) in [4.78, 5) is 19.7. The lowest BCUT2D eigenvalue weighted by molar-refractivity contribution is 0.0980. The van der Waals surface area contributed by atoms with Crippen LogP contribution in [0.2, 0.25) is 0 Å².